The van der Waals surface area contributed by atoms with Crippen LogP contribution in [0.4, 0.5) is 4.39 Å². The maximum absolute atomic E-state index is 13.3. The van der Waals surface area contributed by atoms with Crippen LogP contribution in [0.2, 0.25) is 0 Å². The van der Waals surface area contributed by atoms with Crippen LogP contribution >= 0.6 is 0 Å². The summed E-state index contributed by atoms with van der Waals surface area (Å²) in [5.74, 6) is -0.487. The number of aromatic nitrogens is 1. The maximum atomic E-state index is 13.3. The van der Waals surface area contributed by atoms with Crippen molar-refractivity contribution in [2.75, 3.05) is 0 Å². The summed E-state index contributed by atoms with van der Waals surface area (Å²) in [5, 5.41) is 8.61. The highest BCUT2D eigenvalue weighted by Gasteiger charge is 2.13. The van der Waals surface area contributed by atoms with Crippen molar-refractivity contribution in [2.24, 2.45) is 7.05 Å². The van der Waals surface area contributed by atoms with E-state index in [0.29, 0.717) is 0 Å². The predicted molar refractivity (Wildman–Crippen MR) is 45.8 cm³/mol. The summed E-state index contributed by atoms with van der Waals surface area (Å²) in [6, 6.07) is 1.70. The Morgan fingerprint density at radius 2 is 2.00 bits per heavy atom. The molecule has 0 saturated heterocycles. The van der Waals surface area contributed by atoms with E-state index in [-0.39, 0.29) is 16.8 Å². The van der Waals surface area contributed by atoms with E-state index in [4.69, 9.17) is 5.26 Å². The van der Waals surface area contributed by atoms with Gasteiger partial charge < -0.3 is 4.57 Å². The van der Waals surface area contributed by atoms with Crippen molar-refractivity contribution in [1.82, 2.24) is 4.57 Å². The molecule has 0 atom stereocenters. The average molecular weight is 180 g/mol. The summed E-state index contributed by atoms with van der Waals surface area (Å²) in [5.41, 5.74) is -0.186. The van der Waals surface area contributed by atoms with E-state index in [0.717, 1.165) is 4.57 Å². The van der Waals surface area contributed by atoms with Crippen LogP contribution in [0.15, 0.2) is 4.79 Å². The summed E-state index contributed by atoms with van der Waals surface area (Å²) >= 11 is 0. The van der Waals surface area contributed by atoms with Crippen LogP contribution in [0.1, 0.15) is 16.8 Å². The average Bonchev–Trinajstić information content (AvgIpc) is 2.13. The number of pyridine rings is 1. The van der Waals surface area contributed by atoms with Gasteiger partial charge in [0.25, 0.3) is 5.56 Å². The van der Waals surface area contributed by atoms with Crippen LogP contribution in [0.3, 0.4) is 0 Å². The molecular formula is C9H9FN2O. The molecule has 0 aliphatic rings. The largest absolute Gasteiger partial charge is 0.312 e. The number of nitriles is 1. The molecule has 68 valence electrons. The van der Waals surface area contributed by atoms with E-state index < -0.39 is 11.4 Å². The topological polar surface area (TPSA) is 45.8 Å². The van der Waals surface area contributed by atoms with Crippen LogP contribution < -0.4 is 5.56 Å². The third-order valence-electron chi connectivity index (χ3n) is 2.16. The van der Waals surface area contributed by atoms with E-state index in [1.165, 1.54) is 20.9 Å². The van der Waals surface area contributed by atoms with Gasteiger partial charge in [-0.1, -0.05) is 0 Å². The first-order valence-electron chi connectivity index (χ1n) is 3.76. The minimum Gasteiger partial charge on any atom is -0.312 e. The van der Waals surface area contributed by atoms with E-state index >= 15 is 0 Å². The molecule has 0 N–H and O–H groups in total. The molecule has 1 aromatic rings. The number of hydrogen-bond donors (Lipinski definition) is 0. The molecule has 1 heterocycles. The van der Waals surface area contributed by atoms with Gasteiger partial charge in [0, 0.05) is 12.6 Å². The highest BCUT2D eigenvalue weighted by molar-refractivity contribution is 5.37. The van der Waals surface area contributed by atoms with Crippen LogP contribution in [0.5, 0.6) is 0 Å². The fourth-order valence-corrected chi connectivity index (χ4v) is 1.14. The first kappa shape index (κ1) is 9.46. The van der Waals surface area contributed by atoms with Crippen molar-refractivity contribution in [3.8, 4) is 6.07 Å². The van der Waals surface area contributed by atoms with E-state index in [2.05, 4.69) is 0 Å². The van der Waals surface area contributed by atoms with Crippen molar-refractivity contribution in [3.05, 3.63) is 33.0 Å². The Morgan fingerprint density at radius 3 is 2.46 bits per heavy atom. The van der Waals surface area contributed by atoms with Gasteiger partial charge in [-0.3, -0.25) is 4.79 Å². The van der Waals surface area contributed by atoms with Crippen LogP contribution in [0, 0.1) is 31.0 Å². The van der Waals surface area contributed by atoms with E-state index in [9.17, 15) is 9.18 Å². The molecule has 0 fully saturated rings. The van der Waals surface area contributed by atoms with Gasteiger partial charge in [-0.15, -0.1) is 0 Å². The summed E-state index contributed by atoms with van der Waals surface area (Å²) in [6.45, 7) is 2.94. The lowest BCUT2D eigenvalue weighted by Gasteiger charge is -2.07. The number of halogens is 1. The van der Waals surface area contributed by atoms with Gasteiger partial charge in [0.15, 0.2) is 0 Å². The molecule has 1 rings (SSSR count). The first-order chi connectivity index (χ1) is 6.00. The van der Waals surface area contributed by atoms with Crippen molar-refractivity contribution in [2.45, 2.75) is 13.8 Å². The van der Waals surface area contributed by atoms with Crippen molar-refractivity contribution in [1.29, 1.82) is 5.26 Å². The van der Waals surface area contributed by atoms with E-state index in [1.807, 2.05) is 0 Å². The Bertz CT molecular complexity index is 454. The minimum atomic E-state index is -0.487. The van der Waals surface area contributed by atoms with Gasteiger partial charge in [-0.05, 0) is 13.8 Å². The zero-order valence-electron chi connectivity index (χ0n) is 7.68. The Morgan fingerprint density at radius 1 is 1.46 bits per heavy atom. The second-order valence-corrected chi connectivity index (χ2v) is 2.88. The molecule has 0 bridgehead atoms. The first-order valence-corrected chi connectivity index (χ1v) is 3.76. The maximum Gasteiger partial charge on any atom is 0.268 e. The lowest BCUT2D eigenvalue weighted by Crippen LogP contribution is -2.24. The molecule has 0 aliphatic carbocycles. The fourth-order valence-electron chi connectivity index (χ4n) is 1.14. The van der Waals surface area contributed by atoms with Crippen molar-refractivity contribution < 1.29 is 4.39 Å². The number of rotatable bonds is 0. The van der Waals surface area contributed by atoms with Crippen LogP contribution in [-0.2, 0) is 7.05 Å². The Labute approximate surface area is 75.0 Å². The fraction of sp³-hybridized carbons (Fsp3) is 0.333. The molecule has 3 nitrogen and oxygen atoms in total. The van der Waals surface area contributed by atoms with Crippen molar-refractivity contribution in [3.63, 3.8) is 0 Å². The minimum absolute atomic E-state index is 0.120. The number of nitrogens with zero attached hydrogens (tertiary/aromatic N) is 2. The molecule has 0 saturated carbocycles. The Balaban J connectivity index is 3.80. The van der Waals surface area contributed by atoms with Gasteiger partial charge in [0.1, 0.15) is 17.4 Å². The highest BCUT2D eigenvalue weighted by atomic mass is 19.1. The molecule has 0 spiro atoms. The lowest BCUT2D eigenvalue weighted by atomic mass is 10.1. The molecule has 0 radical (unpaired) electrons. The highest BCUT2D eigenvalue weighted by Crippen LogP contribution is 2.11. The Hall–Kier alpha value is -1.63. The standard InChI is InChI=1S/C9H9FN2O/c1-5-7(4-11)9(13)12(3)6(2)8(5)10/h1-3H3. The van der Waals surface area contributed by atoms with Crippen molar-refractivity contribution >= 4 is 0 Å². The summed E-state index contributed by atoms with van der Waals surface area (Å²) < 4.78 is 14.4. The van der Waals surface area contributed by atoms with E-state index in [1.54, 1.807) is 6.07 Å². The molecule has 4 heteroatoms. The zero-order valence-corrected chi connectivity index (χ0v) is 7.68. The smallest absolute Gasteiger partial charge is 0.268 e. The molecule has 13 heavy (non-hydrogen) atoms. The normalized spacial score (nSPS) is 9.77. The predicted octanol–water partition coefficient (Wildman–Crippen LogP) is 1.01. The van der Waals surface area contributed by atoms with Crippen LogP contribution in [0.25, 0.3) is 0 Å². The third kappa shape index (κ3) is 1.22. The number of hydrogen-bond acceptors (Lipinski definition) is 2. The molecular weight excluding hydrogens is 171 g/mol. The van der Waals surface area contributed by atoms with Gasteiger partial charge in [-0.25, -0.2) is 4.39 Å². The molecule has 0 aliphatic heterocycles. The zero-order chi connectivity index (χ0) is 10.2. The quantitative estimate of drug-likeness (QED) is 0.598. The van der Waals surface area contributed by atoms with Gasteiger partial charge >= 0.3 is 0 Å². The summed E-state index contributed by atoms with van der Waals surface area (Å²) in [4.78, 5) is 11.4. The second kappa shape index (κ2) is 3.02. The summed E-state index contributed by atoms with van der Waals surface area (Å²) in [6.07, 6.45) is 0. The molecule has 1 aromatic heterocycles. The lowest BCUT2D eigenvalue weighted by molar-refractivity contribution is 0.577. The second-order valence-electron chi connectivity index (χ2n) is 2.88. The van der Waals surface area contributed by atoms with Gasteiger partial charge in [0.05, 0.1) is 5.69 Å². The monoisotopic (exact) mass is 180 g/mol. The molecule has 0 amide bonds. The Kier molecular flexibility index (Phi) is 2.20. The summed E-state index contributed by atoms with van der Waals surface area (Å²) in [7, 11) is 1.45. The SMILES string of the molecule is Cc1c(F)c(C)n(C)c(=O)c1C#N. The van der Waals surface area contributed by atoms with Crippen LogP contribution in [-0.4, -0.2) is 4.57 Å². The van der Waals surface area contributed by atoms with Gasteiger partial charge in [0.2, 0.25) is 0 Å². The molecule has 0 unspecified atom stereocenters. The van der Waals surface area contributed by atoms with Gasteiger partial charge in [-0.2, -0.15) is 5.26 Å². The third-order valence-corrected chi connectivity index (χ3v) is 2.16. The molecule has 0 aromatic carbocycles.